The van der Waals surface area contributed by atoms with Crippen LogP contribution in [-0.4, -0.2) is 22.6 Å². The first-order valence-electron chi connectivity index (χ1n) is 4.75. The van der Waals surface area contributed by atoms with Gasteiger partial charge in [-0.15, -0.1) is 0 Å². The van der Waals surface area contributed by atoms with Crippen LogP contribution in [0.15, 0.2) is 5.10 Å². The van der Waals surface area contributed by atoms with Gasteiger partial charge in [-0.2, -0.15) is 16.9 Å². The van der Waals surface area contributed by atoms with E-state index in [-0.39, 0.29) is 11.8 Å². The summed E-state index contributed by atoms with van der Waals surface area (Å²) in [5, 5.41) is 4.65. The maximum absolute atomic E-state index is 11.2. The van der Waals surface area contributed by atoms with Gasteiger partial charge in [-0.25, -0.2) is 5.43 Å². The fraction of sp³-hybridized carbons (Fsp3) is 0.778. The standard InChI is InChI=1S/C9H14N2OS/c1-6-8(4-5-13-6)10-11-9(12)7-2-3-7/h6-7H,2-5H2,1H3,(H,11,12)/b10-8+. The molecule has 0 aromatic heterocycles. The molecule has 1 saturated heterocycles. The summed E-state index contributed by atoms with van der Waals surface area (Å²) < 4.78 is 0. The van der Waals surface area contributed by atoms with Gasteiger partial charge < -0.3 is 0 Å². The second kappa shape index (κ2) is 3.70. The normalized spacial score (nSPS) is 30.8. The molecule has 2 fully saturated rings. The zero-order valence-corrected chi connectivity index (χ0v) is 8.56. The molecular formula is C9H14N2OS. The van der Waals surface area contributed by atoms with Crippen LogP contribution in [0.3, 0.4) is 0 Å². The highest BCUT2D eigenvalue weighted by atomic mass is 32.2. The fourth-order valence-electron chi connectivity index (χ4n) is 1.35. The fourth-order valence-corrected chi connectivity index (χ4v) is 2.39. The molecule has 0 aromatic rings. The first kappa shape index (κ1) is 9.06. The van der Waals surface area contributed by atoms with E-state index in [0.717, 1.165) is 30.7 Å². The third-order valence-electron chi connectivity index (χ3n) is 2.45. The lowest BCUT2D eigenvalue weighted by Crippen LogP contribution is -2.22. The highest BCUT2D eigenvalue weighted by Gasteiger charge is 2.29. The predicted molar refractivity (Wildman–Crippen MR) is 54.8 cm³/mol. The summed E-state index contributed by atoms with van der Waals surface area (Å²) in [5.74, 6) is 1.50. The van der Waals surface area contributed by atoms with E-state index in [1.54, 1.807) is 0 Å². The van der Waals surface area contributed by atoms with Crippen LogP contribution in [-0.2, 0) is 4.79 Å². The van der Waals surface area contributed by atoms with Crippen LogP contribution < -0.4 is 5.43 Å². The minimum Gasteiger partial charge on any atom is -0.273 e. The molecule has 1 saturated carbocycles. The number of hydrazone groups is 1. The van der Waals surface area contributed by atoms with Crippen LogP contribution in [0.25, 0.3) is 0 Å². The zero-order chi connectivity index (χ0) is 9.26. The Labute approximate surface area is 82.3 Å². The lowest BCUT2D eigenvalue weighted by Gasteiger charge is -2.02. The average Bonchev–Trinajstić information content (AvgIpc) is 2.88. The molecule has 3 nitrogen and oxygen atoms in total. The monoisotopic (exact) mass is 198 g/mol. The summed E-state index contributed by atoms with van der Waals surface area (Å²) in [7, 11) is 0. The largest absolute Gasteiger partial charge is 0.273 e. The summed E-state index contributed by atoms with van der Waals surface area (Å²) in [6.07, 6.45) is 3.11. The number of amides is 1. The number of hydrogen-bond donors (Lipinski definition) is 1. The van der Waals surface area contributed by atoms with Gasteiger partial charge in [-0.05, 0) is 31.9 Å². The van der Waals surface area contributed by atoms with Gasteiger partial charge in [0.05, 0.1) is 5.71 Å². The number of carbonyl (C=O) groups is 1. The SMILES string of the molecule is CC1SCC/C1=N\NC(=O)C1CC1. The van der Waals surface area contributed by atoms with E-state index in [4.69, 9.17) is 0 Å². The molecule has 1 aliphatic heterocycles. The van der Waals surface area contributed by atoms with Crippen LogP contribution >= 0.6 is 11.8 Å². The number of nitrogens with zero attached hydrogens (tertiary/aromatic N) is 1. The van der Waals surface area contributed by atoms with E-state index in [1.165, 1.54) is 0 Å². The van der Waals surface area contributed by atoms with Crippen molar-refractivity contribution in [3.63, 3.8) is 0 Å². The Morgan fingerprint density at radius 2 is 2.38 bits per heavy atom. The smallest absolute Gasteiger partial charge is 0.243 e. The second-order valence-electron chi connectivity index (χ2n) is 3.62. The molecule has 1 atom stereocenters. The predicted octanol–water partition coefficient (Wildman–Crippen LogP) is 1.39. The van der Waals surface area contributed by atoms with E-state index >= 15 is 0 Å². The van der Waals surface area contributed by atoms with E-state index in [9.17, 15) is 4.79 Å². The third kappa shape index (κ3) is 2.24. The minimum absolute atomic E-state index is 0.108. The van der Waals surface area contributed by atoms with Crippen molar-refractivity contribution in [3.05, 3.63) is 0 Å². The highest BCUT2D eigenvalue weighted by molar-refractivity contribution is 8.01. The van der Waals surface area contributed by atoms with Crippen molar-refractivity contribution in [1.82, 2.24) is 5.43 Å². The van der Waals surface area contributed by atoms with Crippen LogP contribution in [0.5, 0.6) is 0 Å². The first-order chi connectivity index (χ1) is 6.27. The lowest BCUT2D eigenvalue weighted by molar-refractivity contribution is -0.122. The number of thioether (sulfide) groups is 1. The van der Waals surface area contributed by atoms with Gasteiger partial charge in [0, 0.05) is 11.2 Å². The van der Waals surface area contributed by atoms with Gasteiger partial charge in [0.15, 0.2) is 0 Å². The van der Waals surface area contributed by atoms with Crippen molar-refractivity contribution >= 4 is 23.4 Å². The molecule has 2 aliphatic rings. The maximum atomic E-state index is 11.2. The van der Waals surface area contributed by atoms with Crippen LogP contribution in [0.1, 0.15) is 26.2 Å². The Morgan fingerprint density at radius 1 is 1.62 bits per heavy atom. The molecule has 1 amide bonds. The Morgan fingerprint density at radius 3 is 2.92 bits per heavy atom. The van der Waals surface area contributed by atoms with E-state index in [2.05, 4.69) is 17.5 Å². The number of rotatable bonds is 2. The van der Waals surface area contributed by atoms with Gasteiger partial charge in [0.25, 0.3) is 0 Å². The molecule has 72 valence electrons. The molecule has 0 spiro atoms. The van der Waals surface area contributed by atoms with Crippen LogP contribution in [0, 0.1) is 5.92 Å². The Bertz CT molecular complexity index is 248. The molecule has 0 aromatic carbocycles. The van der Waals surface area contributed by atoms with E-state index in [0.29, 0.717) is 5.25 Å². The Balaban J connectivity index is 1.84. The molecule has 0 radical (unpaired) electrons. The van der Waals surface area contributed by atoms with Crippen molar-refractivity contribution in [2.45, 2.75) is 31.4 Å². The number of hydrogen-bond acceptors (Lipinski definition) is 3. The Hall–Kier alpha value is -0.510. The van der Waals surface area contributed by atoms with E-state index < -0.39 is 0 Å². The highest BCUT2D eigenvalue weighted by Crippen LogP contribution is 2.29. The third-order valence-corrected chi connectivity index (χ3v) is 3.67. The summed E-state index contributed by atoms with van der Waals surface area (Å²) >= 11 is 1.90. The molecule has 1 N–H and O–H groups in total. The second-order valence-corrected chi connectivity index (χ2v) is 5.07. The molecule has 2 rings (SSSR count). The zero-order valence-electron chi connectivity index (χ0n) is 7.75. The molecule has 1 unspecified atom stereocenters. The number of carbonyl (C=O) groups excluding carboxylic acids is 1. The molecule has 1 heterocycles. The molecule has 0 bridgehead atoms. The summed E-state index contributed by atoms with van der Waals surface area (Å²) in [5.41, 5.74) is 3.79. The average molecular weight is 198 g/mol. The van der Waals surface area contributed by atoms with Gasteiger partial charge >= 0.3 is 0 Å². The lowest BCUT2D eigenvalue weighted by atomic mass is 10.2. The number of nitrogens with one attached hydrogen (secondary N) is 1. The van der Waals surface area contributed by atoms with Crippen molar-refractivity contribution in [2.24, 2.45) is 11.0 Å². The van der Waals surface area contributed by atoms with Crippen molar-refractivity contribution in [3.8, 4) is 0 Å². The molecule has 4 heteroatoms. The van der Waals surface area contributed by atoms with Crippen LogP contribution in [0.2, 0.25) is 0 Å². The van der Waals surface area contributed by atoms with Crippen molar-refractivity contribution < 1.29 is 4.79 Å². The summed E-state index contributed by atoms with van der Waals surface area (Å²) in [6.45, 7) is 2.14. The molecule has 1 aliphatic carbocycles. The van der Waals surface area contributed by atoms with Gasteiger partial charge in [-0.3, -0.25) is 4.79 Å². The van der Waals surface area contributed by atoms with Crippen molar-refractivity contribution in [2.75, 3.05) is 5.75 Å². The summed E-state index contributed by atoms with van der Waals surface area (Å²) in [6, 6.07) is 0. The minimum atomic E-state index is 0.108. The first-order valence-corrected chi connectivity index (χ1v) is 5.80. The summed E-state index contributed by atoms with van der Waals surface area (Å²) in [4.78, 5) is 11.2. The topological polar surface area (TPSA) is 41.5 Å². The van der Waals surface area contributed by atoms with Crippen molar-refractivity contribution in [1.29, 1.82) is 0 Å². The Kier molecular flexibility index (Phi) is 2.58. The molecular weight excluding hydrogens is 184 g/mol. The van der Waals surface area contributed by atoms with E-state index in [1.807, 2.05) is 11.8 Å². The molecule has 13 heavy (non-hydrogen) atoms. The van der Waals surface area contributed by atoms with Gasteiger partial charge in [0.1, 0.15) is 0 Å². The van der Waals surface area contributed by atoms with Gasteiger partial charge in [0.2, 0.25) is 5.91 Å². The maximum Gasteiger partial charge on any atom is 0.243 e. The van der Waals surface area contributed by atoms with Gasteiger partial charge in [-0.1, -0.05) is 0 Å². The quantitative estimate of drug-likeness (QED) is 0.681. The van der Waals surface area contributed by atoms with Crippen LogP contribution in [0.4, 0.5) is 0 Å².